The molecule has 3 nitrogen and oxygen atoms in total. The van der Waals surface area contributed by atoms with Crippen molar-refractivity contribution in [2.24, 2.45) is 4.99 Å². The van der Waals surface area contributed by atoms with Gasteiger partial charge in [0.1, 0.15) is 5.82 Å². The number of benzene rings is 1. The number of halogens is 3. The lowest BCUT2D eigenvalue weighted by molar-refractivity contribution is 0.627. The summed E-state index contributed by atoms with van der Waals surface area (Å²) in [4.78, 5) is 4.05. The van der Waals surface area contributed by atoms with Gasteiger partial charge in [-0.2, -0.15) is 0 Å². The highest BCUT2D eigenvalue weighted by Gasteiger charge is 2.02. The van der Waals surface area contributed by atoms with Gasteiger partial charge in [-0.25, -0.2) is 4.39 Å². The number of rotatable bonds is 5. The second-order valence-corrected chi connectivity index (χ2v) is 4.06. The molecule has 19 heavy (non-hydrogen) atoms. The molecule has 0 atom stereocenters. The Kier molecular flexibility index (Phi) is 9.59. The van der Waals surface area contributed by atoms with Gasteiger partial charge in [-0.05, 0) is 24.1 Å². The molecule has 0 aliphatic carbocycles. The molecule has 2 N–H and O–H groups in total. The maximum Gasteiger partial charge on any atom is 0.191 e. The molecule has 0 aliphatic rings. The van der Waals surface area contributed by atoms with Crippen molar-refractivity contribution in [3.63, 3.8) is 0 Å². The van der Waals surface area contributed by atoms with Crippen LogP contribution in [0.15, 0.2) is 35.8 Å². The number of hydrogen-bond donors (Lipinski definition) is 2. The Morgan fingerprint density at radius 1 is 1.47 bits per heavy atom. The molecule has 6 heteroatoms. The molecule has 0 saturated carbocycles. The standard InChI is InChI=1S/C13H17ClFN3.HI/c1-3-7-17-13(16-2)18-8-6-10-4-5-11(15)9-12(10)14;/h3-5,9H,1,6-8H2,2H3,(H2,16,17,18);1H. The van der Waals surface area contributed by atoms with E-state index in [0.717, 1.165) is 5.56 Å². The Balaban J connectivity index is 0.00000324. The van der Waals surface area contributed by atoms with Crippen molar-refractivity contribution in [3.05, 3.63) is 47.3 Å². The molecular weight excluding hydrogens is 380 g/mol. The number of hydrogen-bond acceptors (Lipinski definition) is 1. The van der Waals surface area contributed by atoms with Gasteiger partial charge in [0, 0.05) is 25.2 Å². The monoisotopic (exact) mass is 397 g/mol. The van der Waals surface area contributed by atoms with Crippen molar-refractivity contribution < 1.29 is 4.39 Å². The second kappa shape index (κ2) is 10.0. The zero-order valence-electron chi connectivity index (χ0n) is 10.7. The number of aliphatic imine (C=N–C) groups is 1. The van der Waals surface area contributed by atoms with Crippen LogP contribution in [0, 0.1) is 5.82 Å². The Hall–Kier alpha value is -0.820. The smallest absolute Gasteiger partial charge is 0.191 e. The van der Waals surface area contributed by atoms with Gasteiger partial charge in [0.05, 0.1) is 0 Å². The summed E-state index contributed by atoms with van der Waals surface area (Å²) in [5.74, 6) is 0.383. The van der Waals surface area contributed by atoms with E-state index < -0.39 is 0 Å². The molecule has 1 aromatic carbocycles. The van der Waals surface area contributed by atoms with Crippen molar-refractivity contribution in [3.8, 4) is 0 Å². The van der Waals surface area contributed by atoms with Crippen molar-refractivity contribution in [1.29, 1.82) is 0 Å². The first-order valence-corrected chi connectivity index (χ1v) is 6.04. The highest BCUT2D eigenvalue weighted by atomic mass is 127. The zero-order chi connectivity index (χ0) is 13.4. The molecule has 0 amide bonds. The van der Waals surface area contributed by atoms with E-state index in [1.165, 1.54) is 12.1 Å². The maximum absolute atomic E-state index is 12.9. The molecule has 1 aromatic rings. The fraction of sp³-hybridized carbons (Fsp3) is 0.308. The molecule has 0 aromatic heterocycles. The van der Waals surface area contributed by atoms with Crippen LogP contribution in [-0.4, -0.2) is 26.1 Å². The predicted octanol–water partition coefficient (Wildman–Crippen LogP) is 2.99. The minimum Gasteiger partial charge on any atom is -0.356 e. The van der Waals surface area contributed by atoms with Crippen LogP contribution in [0.4, 0.5) is 4.39 Å². The lowest BCUT2D eigenvalue weighted by Crippen LogP contribution is -2.38. The van der Waals surface area contributed by atoms with Crippen LogP contribution in [0.5, 0.6) is 0 Å². The van der Waals surface area contributed by atoms with Gasteiger partial charge in [0.25, 0.3) is 0 Å². The number of nitrogens with one attached hydrogen (secondary N) is 2. The molecule has 1 rings (SSSR count). The number of guanidine groups is 1. The van der Waals surface area contributed by atoms with Gasteiger partial charge in [0.2, 0.25) is 0 Å². The first-order valence-electron chi connectivity index (χ1n) is 5.66. The molecule has 0 heterocycles. The Bertz CT molecular complexity index is 438. The zero-order valence-corrected chi connectivity index (χ0v) is 13.8. The van der Waals surface area contributed by atoms with Gasteiger partial charge in [-0.1, -0.05) is 23.7 Å². The highest BCUT2D eigenvalue weighted by Crippen LogP contribution is 2.17. The summed E-state index contributed by atoms with van der Waals surface area (Å²) in [5, 5.41) is 6.64. The largest absolute Gasteiger partial charge is 0.356 e. The van der Waals surface area contributed by atoms with E-state index in [4.69, 9.17) is 11.6 Å². The first-order chi connectivity index (χ1) is 8.67. The van der Waals surface area contributed by atoms with E-state index in [1.807, 2.05) is 0 Å². The third kappa shape index (κ3) is 6.77. The summed E-state index contributed by atoms with van der Waals surface area (Å²) in [6, 6.07) is 4.42. The molecule has 0 saturated heterocycles. The van der Waals surface area contributed by atoms with Crippen LogP contribution >= 0.6 is 35.6 Å². The minimum absolute atomic E-state index is 0. The molecule has 0 unspecified atom stereocenters. The molecule has 0 bridgehead atoms. The minimum atomic E-state index is -0.319. The van der Waals surface area contributed by atoms with Gasteiger partial charge in [-0.15, -0.1) is 30.6 Å². The quantitative estimate of drug-likeness (QED) is 0.347. The maximum atomic E-state index is 12.9. The van der Waals surface area contributed by atoms with E-state index in [2.05, 4.69) is 22.2 Å². The van der Waals surface area contributed by atoms with Crippen molar-refractivity contribution >= 4 is 41.5 Å². The molecule has 0 aliphatic heterocycles. The lowest BCUT2D eigenvalue weighted by Gasteiger charge is -2.10. The normalized spacial score (nSPS) is 10.6. The second-order valence-electron chi connectivity index (χ2n) is 3.65. The predicted molar refractivity (Wildman–Crippen MR) is 90.1 cm³/mol. The molecule has 0 radical (unpaired) electrons. The van der Waals surface area contributed by atoms with E-state index in [0.29, 0.717) is 30.5 Å². The highest BCUT2D eigenvalue weighted by molar-refractivity contribution is 14.0. The van der Waals surface area contributed by atoms with Crippen LogP contribution in [0.3, 0.4) is 0 Å². The lowest BCUT2D eigenvalue weighted by atomic mass is 10.1. The molecular formula is C13H18ClFIN3. The molecule has 0 spiro atoms. The average Bonchev–Trinajstić information content (AvgIpc) is 2.36. The van der Waals surface area contributed by atoms with Crippen molar-refractivity contribution in [2.75, 3.05) is 20.1 Å². The Morgan fingerprint density at radius 2 is 2.21 bits per heavy atom. The summed E-state index contributed by atoms with van der Waals surface area (Å²) in [6.45, 7) is 4.94. The van der Waals surface area contributed by atoms with Crippen LogP contribution in [-0.2, 0) is 6.42 Å². The summed E-state index contributed by atoms with van der Waals surface area (Å²) < 4.78 is 12.9. The van der Waals surface area contributed by atoms with E-state index in [-0.39, 0.29) is 29.8 Å². The van der Waals surface area contributed by atoms with Gasteiger partial charge < -0.3 is 10.6 Å². The van der Waals surface area contributed by atoms with Crippen LogP contribution in [0.25, 0.3) is 0 Å². The Labute approximate surface area is 135 Å². The first kappa shape index (κ1) is 18.2. The van der Waals surface area contributed by atoms with E-state index >= 15 is 0 Å². The Morgan fingerprint density at radius 3 is 2.79 bits per heavy atom. The van der Waals surface area contributed by atoms with Crippen molar-refractivity contribution in [2.45, 2.75) is 6.42 Å². The SMILES string of the molecule is C=CCNC(=NC)NCCc1ccc(F)cc1Cl.I. The topological polar surface area (TPSA) is 36.4 Å². The van der Waals surface area contributed by atoms with Crippen LogP contribution < -0.4 is 10.6 Å². The molecule has 0 fully saturated rings. The van der Waals surface area contributed by atoms with Gasteiger partial charge in [0.15, 0.2) is 5.96 Å². The van der Waals surface area contributed by atoms with E-state index in [9.17, 15) is 4.39 Å². The third-order valence-corrected chi connectivity index (χ3v) is 2.69. The van der Waals surface area contributed by atoms with Crippen LogP contribution in [0.1, 0.15) is 5.56 Å². The summed E-state index contributed by atoms with van der Waals surface area (Å²) in [6.07, 6.45) is 2.46. The summed E-state index contributed by atoms with van der Waals surface area (Å²) >= 11 is 5.94. The fourth-order valence-electron chi connectivity index (χ4n) is 1.43. The van der Waals surface area contributed by atoms with Gasteiger partial charge in [-0.3, -0.25) is 4.99 Å². The summed E-state index contributed by atoms with van der Waals surface area (Å²) in [7, 11) is 1.70. The van der Waals surface area contributed by atoms with Crippen molar-refractivity contribution in [1.82, 2.24) is 10.6 Å². The fourth-order valence-corrected chi connectivity index (χ4v) is 1.69. The average molecular weight is 398 g/mol. The number of nitrogens with zero attached hydrogens (tertiary/aromatic N) is 1. The van der Waals surface area contributed by atoms with E-state index in [1.54, 1.807) is 19.2 Å². The summed E-state index contributed by atoms with van der Waals surface area (Å²) in [5.41, 5.74) is 0.907. The van der Waals surface area contributed by atoms with Crippen LogP contribution in [0.2, 0.25) is 5.02 Å². The third-order valence-electron chi connectivity index (χ3n) is 2.34. The van der Waals surface area contributed by atoms with Gasteiger partial charge >= 0.3 is 0 Å². The molecule has 106 valence electrons.